The Morgan fingerprint density at radius 1 is 0.927 bits per heavy atom. The van der Waals surface area contributed by atoms with Crippen LogP contribution in [-0.4, -0.2) is 69.7 Å². The highest BCUT2D eigenvalue weighted by molar-refractivity contribution is 7.99. The van der Waals surface area contributed by atoms with Gasteiger partial charge in [0.25, 0.3) is 0 Å². The summed E-state index contributed by atoms with van der Waals surface area (Å²) in [5, 5.41) is 8.88. The number of H-pyrrole nitrogens is 1. The zero-order valence-electron chi connectivity index (χ0n) is 31.1. The second-order valence-corrected chi connectivity index (χ2v) is 15.4. The van der Waals surface area contributed by atoms with Gasteiger partial charge >= 0.3 is 0 Å². The summed E-state index contributed by atoms with van der Waals surface area (Å²) in [5.74, 6) is -1.28. The number of pyridine rings is 2. The lowest BCUT2D eigenvalue weighted by molar-refractivity contribution is -0.143. The number of hydrogen-bond acceptors (Lipinski definition) is 9. The second-order valence-electron chi connectivity index (χ2n) is 14.0. The molecule has 3 aromatic heterocycles. The first-order chi connectivity index (χ1) is 26.8. The Balaban J connectivity index is 1.46. The molecule has 0 unspecified atom stereocenters. The Kier molecular flexibility index (Phi) is 14.1. The topological polar surface area (TPSA) is 172 Å². The van der Waals surface area contributed by atoms with Crippen LogP contribution in [0.4, 0.5) is 0 Å². The molecule has 11 nitrogen and oxygen atoms in total. The number of rotatable bonds is 10. The summed E-state index contributed by atoms with van der Waals surface area (Å²) in [6.45, 7) is 1.40. The smallest absolute Gasteiger partial charge is 0.243 e. The molecule has 5 aromatic rings. The van der Waals surface area contributed by atoms with Crippen LogP contribution in [0.1, 0.15) is 55.2 Å². The lowest BCUT2D eigenvalue weighted by Crippen LogP contribution is -2.51. The number of fused-ring (bicyclic) bond motifs is 3. The summed E-state index contributed by atoms with van der Waals surface area (Å²) in [4.78, 5) is 58.1. The molecular weight excluding hydrogens is 732 g/mol. The largest absolute Gasteiger partial charge is 0.361 e. The van der Waals surface area contributed by atoms with Gasteiger partial charge in [0.2, 0.25) is 11.8 Å². The van der Waals surface area contributed by atoms with Gasteiger partial charge in [-0.3, -0.25) is 19.4 Å². The van der Waals surface area contributed by atoms with Crippen LogP contribution >= 0.6 is 23.4 Å². The van der Waals surface area contributed by atoms with E-state index in [9.17, 15) is 14.4 Å². The number of nitrogens with zero attached hydrogens (tertiary/aromatic N) is 3. The number of aromatic amines is 1. The molecule has 0 radical (unpaired) electrons. The maximum Gasteiger partial charge on any atom is 0.243 e. The molecule has 6 rings (SSSR count). The number of carbonyl (C=O) groups excluding carboxylic acids is 3. The summed E-state index contributed by atoms with van der Waals surface area (Å²) in [6.07, 6.45) is 10.4. The zero-order valence-corrected chi connectivity index (χ0v) is 32.7. The van der Waals surface area contributed by atoms with E-state index in [-0.39, 0.29) is 37.0 Å². The molecule has 0 aliphatic carbocycles. The number of nitrogens with two attached hydrogens (primary N) is 2. The molecule has 13 heteroatoms. The SMILES string of the molecule is CN1C(=O)[C@H](CCCCN)CC(=O)[C@H](CCCN)NCc2cccnc2Sc2c(Cl)ccc(-c3cccnc3)c2CNC(=O)[C@@H]1Cc1c[nH]c2ccccc12. The molecule has 2 aromatic carbocycles. The van der Waals surface area contributed by atoms with E-state index < -0.39 is 18.0 Å². The zero-order chi connectivity index (χ0) is 38.7. The van der Waals surface area contributed by atoms with Crippen LogP contribution in [0.25, 0.3) is 22.0 Å². The summed E-state index contributed by atoms with van der Waals surface area (Å²) >= 11 is 8.42. The van der Waals surface area contributed by atoms with E-state index in [0.717, 1.165) is 50.0 Å². The minimum Gasteiger partial charge on any atom is -0.361 e. The predicted molar refractivity (Wildman–Crippen MR) is 218 cm³/mol. The van der Waals surface area contributed by atoms with Crippen molar-refractivity contribution in [1.82, 2.24) is 30.5 Å². The van der Waals surface area contributed by atoms with E-state index >= 15 is 0 Å². The van der Waals surface area contributed by atoms with Crippen molar-refractivity contribution in [3.05, 3.63) is 107 Å². The van der Waals surface area contributed by atoms with Crippen LogP contribution in [-0.2, 0) is 33.9 Å². The van der Waals surface area contributed by atoms with Gasteiger partial charge in [0.1, 0.15) is 11.1 Å². The molecule has 1 aliphatic heterocycles. The Morgan fingerprint density at radius 2 is 1.75 bits per heavy atom. The van der Waals surface area contributed by atoms with Gasteiger partial charge in [-0.1, -0.05) is 66.2 Å². The van der Waals surface area contributed by atoms with Gasteiger partial charge in [0, 0.05) is 85.0 Å². The van der Waals surface area contributed by atoms with Gasteiger partial charge in [-0.25, -0.2) is 4.98 Å². The minimum atomic E-state index is -0.889. The molecule has 2 amide bonds. The molecule has 7 N–H and O–H groups in total. The molecule has 0 bridgehead atoms. The fraction of sp³-hybridized carbons (Fsp3) is 0.357. The van der Waals surface area contributed by atoms with Crippen molar-refractivity contribution in [2.75, 3.05) is 20.1 Å². The first kappa shape index (κ1) is 40.1. The van der Waals surface area contributed by atoms with Crippen molar-refractivity contribution < 1.29 is 14.4 Å². The lowest BCUT2D eigenvalue weighted by atomic mass is 9.90. The number of benzene rings is 2. The van der Waals surface area contributed by atoms with Crippen molar-refractivity contribution in [3.63, 3.8) is 0 Å². The van der Waals surface area contributed by atoms with Crippen LogP contribution in [0.2, 0.25) is 5.02 Å². The van der Waals surface area contributed by atoms with Gasteiger partial charge in [0.05, 0.1) is 11.1 Å². The van der Waals surface area contributed by atoms with Gasteiger partial charge in [-0.15, -0.1) is 0 Å². The fourth-order valence-electron chi connectivity index (χ4n) is 7.24. The van der Waals surface area contributed by atoms with Crippen LogP contribution in [0.15, 0.2) is 95.4 Å². The van der Waals surface area contributed by atoms with E-state index in [1.165, 1.54) is 16.7 Å². The quantitative estimate of drug-likeness (QED) is 0.106. The number of nitrogens with one attached hydrogen (secondary N) is 3. The number of para-hydroxylation sites is 1. The third-order valence-electron chi connectivity index (χ3n) is 10.3. The molecule has 0 saturated carbocycles. The highest BCUT2D eigenvalue weighted by atomic mass is 35.5. The highest BCUT2D eigenvalue weighted by Gasteiger charge is 2.34. The maximum atomic E-state index is 14.6. The summed E-state index contributed by atoms with van der Waals surface area (Å²) in [6, 6.07) is 17.9. The summed E-state index contributed by atoms with van der Waals surface area (Å²) < 4.78 is 0. The van der Waals surface area contributed by atoms with Gasteiger partial charge in [-0.05, 0) is 85.3 Å². The summed E-state index contributed by atoms with van der Waals surface area (Å²) in [7, 11) is 1.67. The Bertz CT molecular complexity index is 2090. The first-order valence-electron chi connectivity index (χ1n) is 18.9. The average Bonchev–Trinajstić information content (AvgIpc) is 3.62. The van der Waals surface area contributed by atoms with Crippen LogP contribution < -0.4 is 22.1 Å². The van der Waals surface area contributed by atoms with Crippen molar-refractivity contribution >= 4 is 51.9 Å². The molecule has 0 saturated heterocycles. The lowest BCUT2D eigenvalue weighted by Gasteiger charge is -2.31. The predicted octanol–water partition coefficient (Wildman–Crippen LogP) is 6.03. The Morgan fingerprint density at radius 3 is 2.55 bits per heavy atom. The summed E-state index contributed by atoms with van der Waals surface area (Å²) in [5.41, 5.74) is 17.0. The van der Waals surface area contributed by atoms with Gasteiger partial charge in [-0.2, -0.15) is 0 Å². The van der Waals surface area contributed by atoms with Crippen molar-refractivity contribution in [1.29, 1.82) is 0 Å². The third kappa shape index (κ3) is 9.81. The number of ketones is 1. The van der Waals surface area contributed by atoms with Crippen LogP contribution in [0.5, 0.6) is 0 Å². The van der Waals surface area contributed by atoms with Gasteiger partial charge < -0.3 is 32.0 Å². The molecule has 1 aliphatic rings. The van der Waals surface area contributed by atoms with Crippen LogP contribution in [0, 0.1) is 5.92 Å². The molecule has 4 heterocycles. The highest BCUT2D eigenvalue weighted by Crippen LogP contribution is 2.41. The van der Waals surface area contributed by atoms with E-state index in [0.29, 0.717) is 55.4 Å². The normalized spacial score (nSPS) is 18.8. The van der Waals surface area contributed by atoms with Crippen LogP contribution in [0.3, 0.4) is 0 Å². The second kappa shape index (κ2) is 19.3. The van der Waals surface area contributed by atoms with Crippen molar-refractivity contribution in [2.24, 2.45) is 17.4 Å². The molecule has 55 heavy (non-hydrogen) atoms. The van der Waals surface area contributed by atoms with Crippen molar-refractivity contribution in [3.8, 4) is 11.1 Å². The van der Waals surface area contributed by atoms with Gasteiger partial charge in [0.15, 0.2) is 5.78 Å². The molecule has 3 atom stereocenters. The Hall–Kier alpha value is -4.59. The molecule has 0 fully saturated rings. The first-order valence-corrected chi connectivity index (χ1v) is 20.1. The number of carbonyl (C=O) groups is 3. The number of halogens is 1. The molecule has 0 spiro atoms. The number of amides is 2. The average molecular weight is 781 g/mol. The third-order valence-corrected chi connectivity index (χ3v) is 12.0. The van der Waals surface area contributed by atoms with E-state index in [2.05, 4.69) is 20.6 Å². The van der Waals surface area contributed by atoms with Crippen molar-refractivity contribution in [2.45, 2.75) is 80.0 Å². The molecule has 288 valence electrons. The Labute approximate surface area is 331 Å². The van der Waals surface area contributed by atoms with E-state index in [1.807, 2.05) is 66.9 Å². The number of unbranched alkanes of at least 4 members (excludes halogenated alkanes) is 1. The number of aromatic nitrogens is 3. The molecular formula is C42H49ClN8O3S. The number of hydrogen-bond donors (Lipinski definition) is 5. The minimum absolute atomic E-state index is 0.0293. The number of Topliss-reactive ketones (excluding diaryl/α,β-unsaturated/α-hetero) is 1. The number of likely N-dealkylation sites (N-methyl/N-ethyl adjacent to an activating group) is 1. The monoisotopic (exact) mass is 780 g/mol. The van der Waals surface area contributed by atoms with E-state index in [4.69, 9.17) is 28.1 Å². The van der Waals surface area contributed by atoms with E-state index in [1.54, 1.807) is 25.6 Å². The fourth-order valence-corrected chi connectivity index (χ4v) is 8.58. The standard InChI is InChI=1S/C42H49ClN8O3S/c1-51-37(21-30-25-48-35-13-3-2-12-32(30)35)40(53)50-26-33-31(28-10-7-19-46-23-28)15-16-34(43)39(33)55-41-29(11-8-20-47-41)24-49-36(14-6-18-45)38(52)22-27(42(51)54)9-4-5-17-44/h2-3,7-8,10-13,15-16,19-20,23,25,27,36-37,48-49H,4-6,9,14,17-18,21-22,24,26,44-45H2,1H3,(H,50,53)/t27-,36+,37+/m1/s1. The maximum absolute atomic E-state index is 14.6.